The molecule has 0 saturated heterocycles. The summed E-state index contributed by atoms with van der Waals surface area (Å²) in [4.78, 5) is 13.3. The normalized spacial score (nSPS) is 11.6. The molecule has 0 unspecified atom stereocenters. The van der Waals surface area contributed by atoms with Crippen LogP contribution in [0.3, 0.4) is 0 Å². The van der Waals surface area contributed by atoms with Gasteiger partial charge in [-0.2, -0.15) is 0 Å². The predicted octanol–water partition coefficient (Wildman–Crippen LogP) is 7.46. The first-order chi connectivity index (χ1) is 21.7. The molecule has 13 heteroatoms. The van der Waals surface area contributed by atoms with E-state index >= 15 is 4.39 Å². The summed E-state index contributed by atoms with van der Waals surface area (Å²) < 4.78 is 58.9. The van der Waals surface area contributed by atoms with Crippen molar-refractivity contribution in [1.82, 2.24) is 20.3 Å². The van der Waals surface area contributed by atoms with E-state index in [0.29, 0.717) is 64.1 Å². The standard InChI is InChI=1S/C32H32BrF2N5O3S2/c1-2-12-45(41,42)13-11-36-10-4-7-31-40-29(19-44-31)24-16-25-28(17-27(24)35)37-20-38-32(25)39-23-8-9-30(26(33)15-23)43-18-21-5-3-6-22(34)14-21/h3,5-6,8-9,14-17,19-20,36H,2,4,7,10-13,18H2,1H3,(H,37,38,39). The fourth-order valence-electron chi connectivity index (χ4n) is 4.67. The Kier molecular flexibility index (Phi) is 11.1. The number of benzene rings is 3. The monoisotopic (exact) mass is 715 g/mol. The number of ether oxygens (including phenoxy) is 1. The maximum atomic E-state index is 15.2. The molecule has 45 heavy (non-hydrogen) atoms. The maximum absolute atomic E-state index is 15.2. The highest BCUT2D eigenvalue weighted by atomic mass is 79.9. The van der Waals surface area contributed by atoms with E-state index in [-0.39, 0.29) is 23.9 Å². The number of nitrogens with zero attached hydrogens (tertiary/aromatic N) is 3. The van der Waals surface area contributed by atoms with Gasteiger partial charge in [0.15, 0.2) is 9.84 Å². The van der Waals surface area contributed by atoms with Crippen LogP contribution in [-0.4, -0.2) is 48.0 Å². The van der Waals surface area contributed by atoms with E-state index in [4.69, 9.17) is 4.74 Å². The molecule has 2 N–H and O–H groups in total. The Morgan fingerprint density at radius 1 is 1.02 bits per heavy atom. The average Bonchev–Trinajstić information content (AvgIpc) is 3.47. The van der Waals surface area contributed by atoms with Crippen LogP contribution in [0.1, 0.15) is 30.3 Å². The van der Waals surface area contributed by atoms with Crippen LogP contribution in [0.25, 0.3) is 22.2 Å². The van der Waals surface area contributed by atoms with Gasteiger partial charge in [0.25, 0.3) is 0 Å². The molecule has 0 atom stereocenters. The summed E-state index contributed by atoms with van der Waals surface area (Å²) in [6.07, 6.45) is 3.48. The molecule has 0 amide bonds. The van der Waals surface area contributed by atoms with E-state index in [2.05, 4.69) is 41.5 Å². The van der Waals surface area contributed by atoms with E-state index < -0.39 is 15.7 Å². The summed E-state index contributed by atoms with van der Waals surface area (Å²) in [7, 11) is -2.99. The molecule has 5 aromatic rings. The lowest BCUT2D eigenvalue weighted by atomic mass is 10.1. The number of nitrogens with one attached hydrogen (secondary N) is 2. The molecule has 3 aromatic carbocycles. The molecule has 0 aliphatic heterocycles. The third-order valence-corrected chi connectivity index (χ3v) is 10.3. The SMILES string of the molecule is CCCS(=O)(=O)CCNCCCc1nc(-c2cc3c(Nc4ccc(OCc5cccc(F)c5)c(Br)c4)ncnc3cc2F)cs1. The molecule has 0 spiro atoms. The first kappa shape index (κ1) is 32.9. The first-order valence-electron chi connectivity index (χ1n) is 14.4. The zero-order valence-electron chi connectivity index (χ0n) is 24.5. The Morgan fingerprint density at radius 2 is 1.89 bits per heavy atom. The average molecular weight is 717 g/mol. The van der Waals surface area contributed by atoms with Crippen LogP contribution in [0.4, 0.5) is 20.3 Å². The van der Waals surface area contributed by atoms with Crippen molar-refractivity contribution in [3.8, 4) is 17.0 Å². The number of hydrogen-bond donors (Lipinski definition) is 2. The van der Waals surface area contributed by atoms with Crippen molar-refractivity contribution in [1.29, 1.82) is 0 Å². The van der Waals surface area contributed by atoms with Gasteiger partial charge in [0.1, 0.15) is 36.1 Å². The van der Waals surface area contributed by atoms with E-state index in [1.54, 1.807) is 24.3 Å². The Labute approximate surface area is 273 Å². The smallest absolute Gasteiger partial charge is 0.151 e. The maximum Gasteiger partial charge on any atom is 0.151 e. The van der Waals surface area contributed by atoms with Crippen LogP contribution in [-0.2, 0) is 22.9 Å². The molecule has 2 heterocycles. The molecule has 8 nitrogen and oxygen atoms in total. The van der Waals surface area contributed by atoms with Crippen molar-refractivity contribution >= 4 is 59.5 Å². The number of thiazole rings is 1. The molecule has 0 saturated carbocycles. The molecule has 0 bridgehead atoms. The van der Waals surface area contributed by atoms with Crippen LogP contribution in [0, 0.1) is 11.6 Å². The number of aromatic nitrogens is 3. The Balaban J connectivity index is 1.24. The summed E-state index contributed by atoms with van der Waals surface area (Å²) in [5, 5.41) is 9.81. The lowest BCUT2D eigenvalue weighted by Gasteiger charge is -2.13. The van der Waals surface area contributed by atoms with Crippen molar-refractivity contribution in [2.45, 2.75) is 32.8 Å². The molecule has 0 radical (unpaired) electrons. The third kappa shape index (κ3) is 9.03. The fraction of sp³-hybridized carbons (Fsp3) is 0.281. The minimum absolute atomic E-state index is 0.138. The third-order valence-electron chi connectivity index (χ3n) is 6.88. The molecule has 2 aromatic heterocycles. The van der Waals surface area contributed by atoms with Gasteiger partial charge in [0.05, 0.1) is 26.4 Å². The van der Waals surface area contributed by atoms with Gasteiger partial charge in [0, 0.05) is 46.8 Å². The van der Waals surface area contributed by atoms with E-state index in [1.165, 1.54) is 35.9 Å². The molecular weight excluding hydrogens is 684 g/mol. The van der Waals surface area contributed by atoms with Gasteiger partial charge < -0.3 is 15.4 Å². The number of sulfone groups is 1. The van der Waals surface area contributed by atoms with Gasteiger partial charge in [-0.25, -0.2) is 32.2 Å². The molecule has 0 aliphatic rings. The Morgan fingerprint density at radius 3 is 2.69 bits per heavy atom. The van der Waals surface area contributed by atoms with E-state index in [0.717, 1.165) is 22.7 Å². The van der Waals surface area contributed by atoms with Gasteiger partial charge >= 0.3 is 0 Å². The fourth-order valence-corrected chi connectivity index (χ4v) is 7.29. The number of rotatable bonds is 15. The summed E-state index contributed by atoms with van der Waals surface area (Å²) in [6.45, 7) is 3.17. The minimum atomic E-state index is -2.99. The Bertz CT molecular complexity index is 1890. The minimum Gasteiger partial charge on any atom is -0.488 e. The second kappa shape index (κ2) is 15.2. The largest absolute Gasteiger partial charge is 0.488 e. The van der Waals surface area contributed by atoms with E-state index in [1.807, 2.05) is 24.4 Å². The quantitative estimate of drug-likeness (QED) is 0.108. The number of halogens is 3. The van der Waals surface area contributed by atoms with Gasteiger partial charge in [-0.15, -0.1) is 11.3 Å². The molecule has 5 rings (SSSR count). The molecule has 0 aliphatic carbocycles. The molecule has 0 fully saturated rings. The molecule has 236 valence electrons. The second-order valence-electron chi connectivity index (χ2n) is 10.4. The highest BCUT2D eigenvalue weighted by molar-refractivity contribution is 9.10. The summed E-state index contributed by atoms with van der Waals surface area (Å²) >= 11 is 5.00. The van der Waals surface area contributed by atoms with Crippen LogP contribution in [0.15, 0.2) is 70.8 Å². The zero-order chi connectivity index (χ0) is 31.8. The van der Waals surface area contributed by atoms with Crippen molar-refractivity contribution in [2.75, 3.05) is 29.9 Å². The van der Waals surface area contributed by atoms with Crippen LogP contribution >= 0.6 is 27.3 Å². The summed E-state index contributed by atoms with van der Waals surface area (Å²) in [5.74, 6) is 0.706. The zero-order valence-corrected chi connectivity index (χ0v) is 27.7. The number of fused-ring (bicyclic) bond motifs is 1. The van der Waals surface area contributed by atoms with Crippen LogP contribution in [0.5, 0.6) is 5.75 Å². The van der Waals surface area contributed by atoms with Crippen molar-refractivity contribution in [3.05, 3.63) is 93.0 Å². The highest BCUT2D eigenvalue weighted by Gasteiger charge is 2.15. The van der Waals surface area contributed by atoms with E-state index in [9.17, 15) is 12.8 Å². The Hall–Kier alpha value is -3.52. The van der Waals surface area contributed by atoms with Crippen molar-refractivity contribution in [2.24, 2.45) is 0 Å². The van der Waals surface area contributed by atoms with Gasteiger partial charge in [0.2, 0.25) is 0 Å². The lowest BCUT2D eigenvalue weighted by molar-refractivity contribution is 0.303. The topological polar surface area (TPSA) is 106 Å². The van der Waals surface area contributed by atoms with Gasteiger partial charge in [-0.05, 0) is 77.3 Å². The second-order valence-corrected chi connectivity index (χ2v) is 14.5. The summed E-state index contributed by atoms with van der Waals surface area (Å²) in [5.41, 5.74) is 2.77. The first-order valence-corrected chi connectivity index (χ1v) is 17.9. The van der Waals surface area contributed by atoms with Crippen LogP contribution < -0.4 is 15.4 Å². The predicted molar refractivity (Wildman–Crippen MR) is 179 cm³/mol. The molecular formula is C32H32BrF2N5O3S2. The van der Waals surface area contributed by atoms with Gasteiger partial charge in [-0.3, -0.25) is 0 Å². The van der Waals surface area contributed by atoms with Gasteiger partial charge in [-0.1, -0.05) is 19.1 Å². The number of anilines is 2. The van der Waals surface area contributed by atoms with Crippen LogP contribution in [0.2, 0.25) is 0 Å². The van der Waals surface area contributed by atoms with Crippen molar-refractivity contribution in [3.63, 3.8) is 0 Å². The summed E-state index contributed by atoms with van der Waals surface area (Å²) in [6, 6.07) is 14.8. The number of aryl methyl sites for hydroxylation is 1. The highest BCUT2D eigenvalue weighted by Crippen LogP contribution is 2.34. The number of hydrogen-bond acceptors (Lipinski definition) is 9. The van der Waals surface area contributed by atoms with Crippen molar-refractivity contribution < 1.29 is 21.9 Å². The lowest BCUT2D eigenvalue weighted by Crippen LogP contribution is -2.25.